The van der Waals surface area contributed by atoms with Gasteiger partial charge in [0, 0.05) is 59.4 Å². The molecule has 1 spiro atoms. The van der Waals surface area contributed by atoms with Crippen molar-refractivity contribution in [2.24, 2.45) is 17.8 Å². The number of rotatable bonds is 7. The first-order valence-electron chi connectivity index (χ1n) is 14.2. The molecule has 6 rings (SSSR count). The number of hydrogen-bond acceptors (Lipinski definition) is 5. The molecule has 2 aromatic carbocycles. The lowest BCUT2D eigenvalue weighted by atomic mass is 9.73. The third kappa shape index (κ3) is 5.24. The normalized spacial score (nSPS) is 26.7. The minimum absolute atomic E-state index is 0.00829. The van der Waals surface area contributed by atoms with Gasteiger partial charge in [0.2, 0.25) is 11.8 Å². The minimum Gasteiger partial charge on any atom is -0.481 e. The van der Waals surface area contributed by atoms with Gasteiger partial charge in [-0.2, -0.15) is 0 Å². The summed E-state index contributed by atoms with van der Waals surface area (Å²) in [6.07, 6.45) is 0.775. The maximum Gasteiger partial charge on any atom is 0.310 e. The summed E-state index contributed by atoms with van der Waals surface area (Å²) in [5, 5.41) is 11.3. The van der Waals surface area contributed by atoms with E-state index in [-0.39, 0.29) is 49.5 Å². The van der Waals surface area contributed by atoms with E-state index in [9.17, 15) is 24.3 Å². The van der Waals surface area contributed by atoms with Gasteiger partial charge in [0.15, 0.2) is 0 Å². The van der Waals surface area contributed by atoms with Crippen LogP contribution in [0.3, 0.4) is 0 Å². The number of aliphatic carboxylic acids is 1. The van der Waals surface area contributed by atoms with E-state index in [1.807, 2.05) is 0 Å². The summed E-state index contributed by atoms with van der Waals surface area (Å²) in [5.74, 6) is -10.5. The number of amides is 3. The standard InChI is InChI=1S/C30H28Cl4F2N4O5/c1-37(2)22(41)12-39-25-19(8-17(33)9-20(25)34)30(28(39)45)24(27(43)44)23(21-10-29(35,36)13-40(21)30)26(42)38(11-14-3-4-14)18-6-15(31)5-16(32)7-18/h5-9,14,21,23-24H,3-4,10-13H2,1-2H3,(H,43,44)/t21-,23+,24-,30+/m1/s1. The molecule has 9 nitrogen and oxygen atoms in total. The van der Waals surface area contributed by atoms with Gasteiger partial charge in [0.25, 0.3) is 11.8 Å². The van der Waals surface area contributed by atoms with Gasteiger partial charge < -0.3 is 14.9 Å². The molecule has 3 fully saturated rings. The van der Waals surface area contributed by atoms with Gasteiger partial charge >= 0.3 is 5.97 Å². The Labute approximate surface area is 277 Å². The summed E-state index contributed by atoms with van der Waals surface area (Å²) >= 11 is 25.5. The number of nitrogens with zero attached hydrogens (tertiary/aromatic N) is 4. The van der Waals surface area contributed by atoms with Crippen LogP contribution in [-0.4, -0.2) is 84.3 Å². The van der Waals surface area contributed by atoms with E-state index in [0.717, 1.165) is 22.6 Å². The highest BCUT2D eigenvalue weighted by Crippen LogP contribution is 2.62. The van der Waals surface area contributed by atoms with Crippen LogP contribution in [0, 0.1) is 17.8 Å². The van der Waals surface area contributed by atoms with E-state index in [1.54, 1.807) is 0 Å². The quantitative estimate of drug-likeness (QED) is 0.414. The molecule has 2 saturated heterocycles. The van der Waals surface area contributed by atoms with Gasteiger partial charge in [0.05, 0.1) is 23.2 Å². The predicted octanol–water partition coefficient (Wildman–Crippen LogP) is 5.41. The summed E-state index contributed by atoms with van der Waals surface area (Å²) in [6, 6.07) is 5.75. The second-order valence-electron chi connectivity index (χ2n) is 12.3. The van der Waals surface area contributed by atoms with E-state index in [0.29, 0.717) is 0 Å². The Morgan fingerprint density at radius 3 is 2.20 bits per heavy atom. The number of hydrogen-bond donors (Lipinski definition) is 1. The lowest BCUT2D eigenvalue weighted by molar-refractivity contribution is -0.154. The fraction of sp³-hybridized carbons (Fsp3) is 0.467. The van der Waals surface area contributed by atoms with Gasteiger partial charge in [-0.3, -0.25) is 29.0 Å². The molecule has 4 atom stereocenters. The summed E-state index contributed by atoms with van der Waals surface area (Å²) in [7, 11) is 2.95. The summed E-state index contributed by atoms with van der Waals surface area (Å²) in [6.45, 7) is -1.36. The molecular weight excluding hydrogens is 676 g/mol. The smallest absolute Gasteiger partial charge is 0.310 e. The fourth-order valence-corrected chi connectivity index (χ4v) is 8.28. The van der Waals surface area contributed by atoms with Crippen molar-refractivity contribution in [3.63, 3.8) is 0 Å². The van der Waals surface area contributed by atoms with Crippen molar-refractivity contribution in [1.82, 2.24) is 9.80 Å². The number of carbonyl (C=O) groups excluding carboxylic acids is 3. The molecule has 3 aliphatic heterocycles. The van der Waals surface area contributed by atoms with Crippen LogP contribution in [-0.2, 0) is 24.7 Å². The number of halogens is 6. The van der Waals surface area contributed by atoms with Crippen molar-refractivity contribution in [3.05, 3.63) is 56.0 Å². The number of carbonyl (C=O) groups is 4. The maximum absolute atomic E-state index is 15.4. The van der Waals surface area contributed by atoms with Crippen molar-refractivity contribution >= 4 is 81.5 Å². The zero-order valence-corrected chi connectivity index (χ0v) is 27.1. The molecule has 3 amide bonds. The summed E-state index contributed by atoms with van der Waals surface area (Å²) in [5.41, 5.74) is -2.08. The number of likely N-dealkylation sites (N-methyl/N-ethyl adjacent to an activating group) is 1. The van der Waals surface area contributed by atoms with Crippen molar-refractivity contribution in [2.45, 2.75) is 36.8 Å². The lowest BCUT2D eigenvalue weighted by Crippen LogP contribution is -2.57. The van der Waals surface area contributed by atoms with E-state index in [1.165, 1.54) is 54.2 Å². The van der Waals surface area contributed by atoms with Crippen LogP contribution in [0.5, 0.6) is 0 Å². The topological polar surface area (TPSA) is 101 Å². The Bertz CT molecular complexity index is 1620. The van der Waals surface area contributed by atoms with Crippen molar-refractivity contribution < 1.29 is 33.1 Å². The molecule has 3 heterocycles. The number of fused-ring (bicyclic) bond motifs is 4. The zero-order valence-electron chi connectivity index (χ0n) is 24.1. The highest BCUT2D eigenvalue weighted by molar-refractivity contribution is 6.38. The van der Waals surface area contributed by atoms with Crippen molar-refractivity contribution in [3.8, 4) is 0 Å². The van der Waals surface area contributed by atoms with E-state index in [2.05, 4.69) is 0 Å². The molecule has 2 aromatic rings. The van der Waals surface area contributed by atoms with Crippen LogP contribution in [0.2, 0.25) is 20.1 Å². The third-order valence-corrected chi connectivity index (χ3v) is 10.1. The van der Waals surface area contributed by atoms with E-state index in [4.69, 9.17) is 46.4 Å². The van der Waals surface area contributed by atoms with Gasteiger partial charge in [-0.05, 0) is 49.1 Å². The zero-order chi connectivity index (χ0) is 32.7. The Balaban J connectivity index is 1.57. The molecule has 1 saturated carbocycles. The second-order valence-corrected chi connectivity index (χ2v) is 14.1. The SMILES string of the molecule is CN(C)C(=O)CN1C(=O)[C@]2(c3cc(Cl)cc(Cl)c31)[C@@H](C(=O)O)[C@@H](C(=O)N(CC1CC1)c1cc(Cl)cc(Cl)c1)[C@H]1CC(F)(F)CN12. The van der Waals surface area contributed by atoms with Gasteiger partial charge in [-0.1, -0.05) is 46.4 Å². The molecule has 0 unspecified atom stereocenters. The maximum atomic E-state index is 15.4. The lowest BCUT2D eigenvalue weighted by Gasteiger charge is -2.37. The highest BCUT2D eigenvalue weighted by atomic mass is 35.5. The number of benzene rings is 2. The number of alkyl halides is 2. The Morgan fingerprint density at radius 1 is 1.00 bits per heavy atom. The number of anilines is 2. The van der Waals surface area contributed by atoms with Gasteiger partial charge in [-0.15, -0.1) is 0 Å². The Kier molecular flexibility index (Phi) is 8.04. The Morgan fingerprint density at radius 2 is 1.62 bits per heavy atom. The van der Waals surface area contributed by atoms with Crippen LogP contribution < -0.4 is 9.80 Å². The van der Waals surface area contributed by atoms with Gasteiger partial charge in [-0.25, -0.2) is 8.78 Å². The average molecular weight is 704 g/mol. The van der Waals surface area contributed by atoms with Crippen LogP contribution in [0.1, 0.15) is 24.8 Å². The molecule has 0 bridgehead atoms. The van der Waals surface area contributed by atoms with Crippen molar-refractivity contribution in [2.75, 3.05) is 43.5 Å². The molecule has 1 N–H and O–H groups in total. The van der Waals surface area contributed by atoms with Crippen LogP contribution in [0.15, 0.2) is 30.3 Å². The molecular formula is C30H28Cl4F2N4O5. The molecule has 1 aliphatic carbocycles. The summed E-state index contributed by atoms with van der Waals surface area (Å²) < 4.78 is 30.8. The van der Waals surface area contributed by atoms with E-state index < -0.39 is 72.5 Å². The largest absolute Gasteiger partial charge is 0.481 e. The van der Waals surface area contributed by atoms with Crippen LogP contribution in [0.4, 0.5) is 20.2 Å². The Hall–Kier alpha value is -2.70. The van der Waals surface area contributed by atoms with E-state index >= 15 is 8.78 Å². The molecule has 15 heteroatoms. The second kappa shape index (κ2) is 11.2. The van der Waals surface area contributed by atoms with Crippen LogP contribution in [0.25, 0.3) is 0 Å². The number of carboxylic acids is 1. The monoisotopic (exact) mass is 702 g/mol. The first-order chi connectivity index (χ1) is 21.1. The fourth-order valence-electron chi connectivity index (χ4n) is 7.17. The highest BCUT2D eigenvalue weighted by Gasteiger charge is 2.76. The molecule has 45 heavy (non-hydrogen) atoms. The first kappa shape index (κ1) is 32.2. The van der Waals surface area contributed by atoms with Crippen LogP contribution >= 0.6 is 46.4 Å². The minimum atomic E-state index is -3.37. The first-order valence-corrected chi connectivity index (χ1v) is 15.7. The number of carboxylic acid groups (broad SMARTS) is 1. The molecule has 0 radical (unpaired) electrons. The summed E-state index contributed by atoms with van der Waals surface area (Å²) in [4.78, 5) is 60.4. The molecule has 0 aromatic heterocycles. The third-order valence-electron chi connectivity index (χ3n) is 9.17. The van der Waals surface area contributed by atoms with Gasteiger partial charge in [0.1, 0.15) is 18.0 Å². The molecule has 4 aliphatic rings. The molecule has 240 valence electrons. The average Bonchev–Trinajstić information content (AvgIpc) is 3.58. The van der Waals surface area contributed by atoms with Crippen molar-refractivity contribution in [1.29, 1.82) is 0 Å². The predicted molar refractivity (Wildman–Crippen MR) is 165 cm³/mol.